The lowest BCUT2D eigenvalue weighted by Crippen LogP contribution is -2.56. The number of nitrogens with zero attached hydrogens (tertiary/aromatic N) is 3. The molecule has 10 heteroatoms. The molecule has 2 bridgehead atoms. The second kappa shape index (κ2) is 6.00. The molecule has 27 heavy (non-hydrogen) atoms. The molecule has 3 atom stereocenters. The number of hydrogen-bond donors (Lipinski definition) is 0. The fraction of sp³-hybridized carbons (Fsp3) is 0.765. The second-order valence-electron chi connectivity index (χ2n) is 7.97. The first kappa shape index (κ1) is 17.6. The van der Waals surface area contributed by atoms with Gasteiger partial charge in [0.1, 0.15) is 16.6 Å². The van der Waals surface area contributed by atoms with Crippen LogP contribution in [0.4, 0.5) is 0 Å². The van der Waals surface area contributed by atoms with E-state index in [0.29, 0.717) is 37.7 Å². The number of rotatable bonds is 5. The molecule has 1 aromatic rings. The Morgan fingerprint density at radius 3 is 2.96 bits per heavy atom. The maximum Gasteiger partial charge on any atom is 0.276 e. The Kier molecular flexibility index (Phi) is 3.91. The summed E-state index contributed by atoms with van der Waals surface area (Å²) < 4.78 is 43.7. The monoisotopic (exact) mass is 397 g/mol. The Morgan fingerprint density at radius 1 is 1.41 bits per heavy atom. The van der Waals surface area contributed by atoms with Crippen molar-refractivity contribution in [1.82, 2.24) is 14.4 Å². The van der Waals surface area contributed by atoms with Gasteiger partial charge < -0.3 is 18.9 Å². The van der Waals surface area contributed by atoms with Crippen LogP contribution in [-0.2, 0) is 19.5 Å². The number of amides is 1. The van der Waals surface area contributed by atoms with Crippen molar-refractivity contribution >= 4 is 15.9 Å². The van der Waals surface area contributed by atoms with Gasteiger partial charge in [-0.3, -0.25) is 4.79 Å². The highest BCUT2D eigenvalue weighted by Gasteiger charge is 2.65. The summed E-state index contributed by atoms with van der Waals surface area (Å²) in [5.74, 6) is 0.934. The lowest BCUT2D eigenvalue weighted by atomic mass is 9.99. The van der Waals surface area contributed by atoms with Crippen LogP contribution in [0.15, 0.2) is 10.6 Å². The topological polar surface area (TPSA) is 102 Å². The number of hydrogen-bond acceptors (Lipinski definition) is 7. The molecule has 0 radical (unpaired) electrons. The van der Waals surface area contributed by atoms with Gasteiger partial charge in [-0.1, -0.05) is 5.16 Å². The first-order chi connectivity index (χ1) is 12.9. The molecule has 1 aromatic heterocycles. The molecule has 3 aliphatic heterocycles. The highest BCUT2D eigenvalue weighted by atomic mass is 32.2. The Balaban J connectivity index is 1.37. The summed E-state index contributed by atoms with van der Waals surface area (Å²) in [6, 6.07) is 1.72. The van der Waals surface area contributed by atoms with E-state index in [-0.39, 0.29) is 25.1 Å². The molecule has 4 fully saturated rings. The van der Waals surface area contributed by atoms with E-state index >= 15 is 0 Å². The van der Waals surface area contributed by atoms with Gasteiger partial charge in [-0.15, -0.1) is 0 Å². The third-order valence-electron chi connectivity index (χ3n) is 6.07. The highest BCUT2D eigenvalue weighted by molar-refractivity contribution is 7.90. The fourth-order valence-electron chi connectivity index (χ4n) is 4.61. The third-order valence-corrected chi connectivity index (χ3v) is 8.44. The summed E-state index contributed by atoms with van der Waals surface area (Å²) in [6.07, 6.45) is 2.30. The molecule has 1 aliphatic carbocycles. The number of ether oxygens (including phenoxy) is 2. The van der Waals surface area contributed by atoms with Crippen molar-refractivity contribution in [2.75, 3.05) is 39.9 Å². The van der Waals surface area contributed by atoms with Crippen LogP contribution in [-0.4, -0.2) is 85.5 Å². The molecule has 1 amide bonds. The average Bonchev–Trinajstić information content (AvgIpc) is 3.26. The van der Waals surface area contributed by atoms with Crippen molar-refractivity contribution in [2.24, 2.45) is 0 Å². The van der Waals surface area contributed by atoms with Gasteiger partial charge >= 0.3 is 0 Å². The van der Waals surface area contributed by atoms with E-state index in [1.54, 1.807) is 18.1 Å². The van der Waals surface area contributed by atoms with Gasteiger partial charge in [0, 0.05) is 38.7 Å². The molecule has 0 aromatic carbocycles. The first-order valence-corrected chi connectivity index (χ1v) is 10.8. The molecular formula is C17H23N3O6S. The van der Waals surface area contributed by atoms with Gasteiger partial charge in [-0.2, -0.15) is 4.31 Å². The summed E-state index contributed by atoms with van der Waals surface area (Å²) >= 11 is 0. The third kappa shape index (κ3) is 2.72. The summed E-state index contributed by atoms with van der Waals surface area (Å²) in [6.45, 7) is 1.53. The van der Waals surface area contributed by atoms with Gasteiger partial charge in [-0.25, -0.2) is 8.42 Å². The fourth-order valence-corrected chi connectivity index (χ4v) is 6.90. The van der Waals surface area contributed by atoms with Gasteiger partial charge in [-0.05, 0) is 19.3 Å². The Labute approximate surface area is 157 Å². The van der Waals surface area contributed by atoms with Crippen molar-refractivity contribution < 1.29 is 27.2 Å². The second-order valence-corrected chi connectivity index (χ2v) is 10.1. The molecular weight excluding hydrogens is 374 g/mol. The number of aromatic nitrogens is 1. The lowest BCUT2D eigenvalue weighted by molar-refractivity contribution is -0.0982. The number of carbonyl (C=O) groups is 1. The van der Waals surface area contributed by atoms with Crippen LogP contribution in [0.2, 0.25) is 0 Å². The van der Waals surface area contributed by atoms with Crippen LogP contribution in [0.3, 0.4) is 0 Å². The predicted octanol–water partition coefficient (Wildman–Crippen LogP) is 0.196. The van der Waals surface area contributed by atoms with Crippen LogP contribution in [0, 0.1) is 0 Å². The van der Waals surface area contributed by atoms with E-state index in [9.17, 15) is 13.2 Å². The Morgan fingerprint density at radius 2 is 2.22 bits per heavy atom. The minimum absolute atomic E-state index is 0.216. The van der Waals surface area contributed by atoms with Crippen molar-refractivity contribution in [2.45, 2.75) is 42.1 Å². The van der Waals surface area contributed by atoms with Crippen LogP contribution < -0.4 is 0 Å². The molecule has 4 aliphatic rings. The van der Waals surface area contributed by atoms with Crippen LogP contribution in [0.25, 0.3) is 0 Å². The predicted molar refractivity (Wildman–Crippen MR) is 92.8 cm³/mol. The zero-order valence-electron chi connectivity index (χ0n) is 15.2. The molecule has 0 unspecified atom stereocenters. The SMILES string of the molecule is COCCN1C[C@@]23CN(C(=O)c4cc(C5CC5)on4)C[C@@H](C[C@@H]2S1(=O)=O)O3. The molecule has 3 saturated heterocycles. The maximum absolute atomic E-state index is 12.9. The molecule has 148 valence electrons. The number of morpholine rings is 1. The lowest BCUT2D eigenvalue weighted by Gasteiger charge is -2.39. The average molecular weight is 397 g/mol. The normalized spacial score (nSPS) is 34.8. The van der Waals surface area contributed by atoms with Crippen LogP contribution in [0.1, 0.15) is 41.4 Å². The quantitative estimate of drug-likeness (QED) is 0.699. The zero-order chi connectivity index (χ0) is 18.8. The van der Waals surface area contributed by atoms with Crippen molar-refractivity contribution in [3.63, 3.8) is 0 Å². The van der Waals surface area contributed by atoms with Gasteiger partial charge in [0.05, 0.1) is 19.3 Å². The zero-order valence-corrected chi connectivity index (χ0v) is 16.0. The molecule has 9 nitrogen and oxygen atoms in total. The molecule has 1 spiro atoms. The van der Waals surface area contributed by atoms with Gasteiger partial charge in [0.2, 0.25) is 10.0 Å². The van der Waals surface area contributed by atoms with Crippen molar-refractivity contribution in [1.29, 1.82) is 0 Å². The summed E-state index contributed by atoms with van der Waals surface area (Å²) in [5, 5.41) is 3.33. The van der Waals surface area contributed by atoms with E-state index in [4.69, 9.17) is 14.0 Å². The van der Waals surface area contributed by atoms with Crippen LogP contribution >= 0.6 is 0 Å². The maximum atomic E-state index is 12.9. The number of sulfonamides is 1. The van der Waals surface area contributed by atoms with Gasteiger partial charge in [0.15, 0.2) is 5.69 Å². The van der Waals surface area contributed by atoms with Crippen LogP contribution in [0.5, 0.6) is 0 Å². The van der Waals surface area contributed by atoms with E-state index in [0.717, 1.165) is 18.6 Å². The summed E-state index contributed by atoms with van der Waals surface area (Å²) in [7, 11) is -1.91. The van der Waals surface area contributed by atoms with Crippen molar-refractivity contribution in [3.8, 4) is 0 Å². The summed E-state index contributed by atoms with van der Waals surface area (Å²) in [5.41, 5.74) is -0.572. The standard InChI is InChI=1S/C17H23N3O6S/c1-24-5-4-20-10-17-9-19(8-12(25-17)6-15(17)27(20,22)23)16(21)13-7-14(26-18-13)11-2-3-11/h7,11-12,15H,2-6,8-10H2,1H3/t12-,15+,17+/m1/s1. The van der Waals surface area contributed by atoms with E-state index < -0.39 is 20.9 Å². The smallest absolute Gasteiger partial charge is 0.276 e. The van der Waals surface area contributed by atoms with E-state index in [1.165, 1.54) is 4.31 Å². The number of carbonyl (C=O) groups excluding carboxylic acids is 1. The molecule has 1 saturated carbocycles. The minimum Gasteiger partial charge on any atom is -0.383 e. The van der Waals surface area contributed by atoms with Crippen molar-refractivity contribution in [3.05, 3.63) is 17.5 Å². The molecule has 4 heterocycles. The largest absolute Gasteiger partial charge is 0.383 e. The number of fused-ring (bicyclic) bond motifs is 1. The number of methoxy groups -OCH3 is 1. The van der Waals surface area contributed by atoms with E-state index in [1.807, 2.05) is 0 Å². The first-order valence-electron chi connectivity index (χ1n) is 9.34. The van der Waals surface area contributed by atoms with E-state index in [2.05, 4.69) is 5.16 Å². The number of likely N-dealkylation sites (tertiary alicyclic amines) is 1. The molecule has 5 rings (SSSR count). The Hall–Kier alpha value is -1.49. The molecule has 0 N–H and O–H groups in total. The highest BCUT2D eigenvalue weighted by Crippen LogP contribution is 2.46. The Bertz CT molecular complexity index is 866. The van der Waals surface area contributed by atoms with Gasteiger partial charge in [0.25, 0.3) is 5.91 Å². The summed E-state index contributed by atoms with van der Waals surface area (Å²) in [4.78, 5) is 14.6. The minimum atomic E-state index is -3.46.